The van der Waals surface area contributed by atoms with Crippen LogP contribution in [0.4, 0.5) is 4.39 Å². The van der Waals surface area contributed by atoms with Gasteiger partial charge in [0.05, 0.1) is 0 Å². The van der Waals surface area contributed by atoms with Crippen LogP contribution in [-0.2, 0) is 11.2 Å². The van der Waals surface area contributed by atoms with E-state index in [1.54, 1.807) is 12.1 Å². The molecule has 0 aliphatic carbocycles. The third-order valence-electron chi connectivity index (χ3n) is 3.21. The number of nitrogens with one attached hydrogen (secondary N) is 1. The van der Waals surface area contributed by atoms with Crippen LogP contribution in [0.1, 0.15) is 39.7 Å². The summed E-state index contributed by atoms with van der Waals surface area (Å²) in [6, 6.07) is 6.90. The maximum Gasteiger partial charge on any atom is 0.123 e. The summed E-state index contributed by atoms with van der Waals surface area (Å²) in [6.07, 6.45) is 1.88. The van der Waals surface area contributed by atoms with Gasteiger partial charge in [0.25, 0.3) is 0 Å². The second-order valence-electron chi connectivity index (χ2n) is 6.32. The van der Waals surface area contributed by atoms with Crippen LogP contribution >= 0.6 is 0 Å². The molecule has 0 spiro atoms. The molecule has 0 heterocycles. The molecule has 20 heavy (non-hydrogen) atoms. The zero-order valence-electron chi connectivity index (χ0n) is 13.2. The van der Waals surface area contributed by atoms with Gasteiger partial charge in [-0.3, -0.25) is 0 Å². The lowest BCUT2D eigenvalue weighted by molar-refractivity contribution is 0.130. The molecule has 1 unspecified atom stereocenters. The molecule has 114 valence electrons. The number of rotatable bonds is 8. The lowest BCUT2D eigenvalue weighted by Gasteiger charge is -2.25. The molecule has 1 aromatic rings. The Hall–Kier alpha value is -0.930. The standard InChI is InChI=1S/C17H28FNO/c1-5-20-10-9-15(13-19-17(2,3)4)11-14-7-6-8-16(18)12-14/h6-8,12,15,19H,5,9-11,13H2,1-4H3. The van der Waals surface area contributed by atoms with E-state index in [4.69, 9.17) is 4.74 Å². The highest BCUT2D eigenvalue weighted by Gasteiger charge is 2.15. The fraction of sp³-hybridized carbons (Fsp3) is 0.647. The van der Waals surface area contributed by atoms with Gasteiger partial charge in [0.1, 0.15) is 5.82 Å². The minimum absolute atomic E-state index is 0.103. The maximum atomic E-state index is 13.3. The summed E-state index contributed by atoms with van der Waals surface area (Å²) < 4.78 is 18.7. The van der Waals surface area contributed by atoms with Crippen molar-refractivity contribution in [1.82, 2.24) is 5.32 Å². The van der Waals surface area contributed by atoms with Crippen molar-refractivity contribution in [3.63, 3.8) is 0 Å². The smallest absolute Gasteiger partial charge is 0.123 e. The molecular formula is C17H28FNO. The Bertz CT molecular complexity index is 387. The second-order valence-corrected chi connectivity index (χ2v) is 6.32. The van der Waals surface area contributed by atoms with Crippen LogP contribution in [0.2, 0.25) is 0 Å². The van der Waals surface area contributed by atoms with Crippen molar-refractivity contribution in [2.75, 3.05) is 19.8 Å². The summed E-state index contributed by atoms with van der Waals surface area (Å²) in [6.45, 7) is 10.9. The van der Waals surface area contributed by atoms with Crippen LogP contribution in [0.5, 0.6) is 0 Å². The Kier molecular flexibility index (Phi) is 7.17. The normalized spacial score (nSPS) is 13.4. The molecule has 0 aromatic heterocycles. The molecule has 3 heteroatoms. The van der Waals surface area contributed by atoms with Crippen LogP contribution in [0.15, 0.2) is 24.3 Å². The van der Waals surface area contributed by atoms with Gasteiger partial charge in [-0.15, -0.1) is 0 Å². The van der Waals surface area contributed by atoms with Crippen LogP contribution in [0, 0.1) is 11.7 Å². The summed E-state index contributed by atoms with van der Waals surface area (Å²) in [5.41, 5.74) is 1.16. The average molecular weight is 281 g/mol. The Morgan fingerprint density at radius 2 is 2.05 bits per heavy atom. The average Bonchev–Trinajstić information content (AvgIpc) is 2.35. The Morgan fingerprint density at radius 3 is 2.65 bits per heavy atom. The van der Waals surface area contributed by atoms with Crippen molar-refractivity contribution in [3.05, 3.63) is 35.6 Å². The van der Waals surface area contributed by atoms with Crippen molar-refractivity contribution >= 4 is 0 Å². The minimum Gasteiger partial charge on any atom is -0.382 e. The predicted molar refractivity (Wildman–Crippen MR) is 82.5 cm³/mol. The Morgan fingerprint density at radius 1 is 1.30 bits per heavy atom. The highest BCUT2D eigenvalue weighted by Crippen LogP contribution is 2.14. The van der Waals surface area contributed by atoms with E-state index >= 15 is 0 Å². The molecule has 0 radical (unpaired) electrons. The molecule has 0 bridgehead atoms. The van der Waals surface area contributed by atoms with E-state index in [9.17, 15) is 4.39 Å². The van der Waals surface area contributed by atoms with Crippen molar-refractivity contribution in [3.8, 4) is 0 Å². The molecule has 1 N–H and O–H groups in total. The number of ether oxygens (including phenoxy) is 1. The van der Waals surface area contributed by atoms with E-state index in [0.717, 1.165) is 38.2 Å². The third-order valence-corrected chi connectivity index (χ3v) is 3.21. The number of benzene rings is 1. The molecular weight excluding hydrogens is 253 g/mol. The first-order chi connectivity index (χ1) is 9.40. The zero-order valence-corrected chi connectivity index (χ0v) is 13.2. The monoisotopic (exact) mass is 281 g/mol. The summed E-state index contributed by atoms with van der Waals surface area (Å²) in [5.74, 6) is 0.303. The summed E-state index contributed by atoms with van der Waals surface area (Å²) >= 11 is 0. The first-order valence-electron chi connectivity index (χ1n) is 7.48. The van der Waals surface area contributed by atoms with Crippen molar-refractivity contribution in [2.24, 2.45) is 5.92 Å². The topological polar surface area (TPSA) is 21.3 Å². The number of hydrogen-bond donors (Lipinski definition) is 1. The quantitative estimate of drug-likeness (QED) is 0.732. The Balaban J connectivity index is 2.56. The van der Waals surface area contributed by atoms with E-state index in [1.807, 2.05) is 13.0 Å². The lowest BCUT2D eigenvalue weighted by atomic mass is 9.95. The molecule has 0 saturated carbocycles. The molecule has 2 nitrogen and oxygen atoms in total. The molecule has 0 amide bonds. The minimum atomic E-state index is -0.158. The van der Waals surface area contributed by atoms with Crippen molar-refractivity contribution in [1.29, 1.82) is 0 Å². The van der Waals surface area contributed by atoms with Gasteiger partial charge in [0.2, 0.25) is 0 Å². The summed E-state index contributed by atoms with van der Waals surface area (Å²) in [7, 11) is 0. The molecule has 0 saturated heterocycles. The summed E-state index contributed by atoms with van der Waals surface area (Å²) in [4.78, 5) is 0. The van der Waals surface area contributed by atoms with Crippen molar-refractivity contribution in [2.45, 2.75) is 46.1 Å². The second kappa shape index (κ2) is 8.38. The Labute approximate surface area is 122 Å². The number of halogens is 1. The largest absolute Gasteiger partial charge is 0.382 e. The van der Waals surface area contributed by atoms with Gasteiger partial charge in [0, 0.05) is 18.8 Å². The molecule has 1 atom stereocenters. The van der Waals surface area contributed by atoms with Crippen LogP contribution in [0.3, 0.4) is 0 Å². The highest BCUT2D eigenvalue weighted by molar-refractivity contribution is 5.16. The van der Waals surface area contributed by atoms with Gasteiger partial charge in [0.15, 0.2) is 0 Å². The lowest BCUT2D eigenvalue weighted by Crippen LogP contribution is -2.39. The fourth-order valence-corrected chi connectivity index (χ4v) is 2.12. The van der Waals surface area contributed by atoms with Crippen LogP contribution in [-0.4, -0.2) is 25.3 Å². The van der Waals surface area contributed by atoms with E-state index in [1.165, 1.54) is 6.07 Å². The highest BCUT2D eigenvalue weighted by atomic mass is 19.1. The van der Waals surface area contributed by atoms with Crippen LogP contribution in [0.25, 0.3) is 0 Å². The van der Waals surface area contributed by atoms with E-state index < -0.39 is 0 Å². The van der Waals surface area contributed by atoms with Crippen LogP contribution < -0.4 is 5.32 Å². The van der Waals surface area contributed by atoms with Gasteiger partial charge in [-0.2, -0.15) is 0 Å². The maximum absolute atomic E-state index is 13.3. The van der Waals surface area contributed by atoms with E-state index in [2.05, 4.69) is 26.1 Å². The molecule has 0 aliphatic rings. The van der Waals surface area contributed by atoms with Gasteiger partial charge in [-0.05, 0) is 70.7 Å². The van der Waals surface area contributed by atoms with E-state index in [0.29, 0.717) is 5.92 Å². The predicted octanol–water partition coefficient (Wildman–Crippen LogP) is 3.80. The van der Waals surface area contributed by atoms with Gasteiger partial charge in [-0.1, -0.05) is 12.1 Å². The van der Waals surface area contributed by atoms with Gasteiger partial charge >= 0.3 is 0 Å². The fourth-order valence-electron chi connectivity index (χ4n) is 2.12. The first kappa shape index (κ1) is 17.1. The van der Waals surface area contributed by atoms with E-state index in [-0.39, 0.29) is 11.4 Å². The van der Waals surface area contributed by atoms with Gasteiger partial charge < -0.3 is 10.1 Å². The summed E-state index contributed by atoms with van der Waals surface area (Å²) in [5, 5.41) is 3.53. The zero-order chi connectivity index (χ0) is 15.0. The third kappa shape index (κ3) is 7.61. The van der Waals surface area contributed by atoms with Crippen molar-refractivity contribution < 1.29 is 9.13 Å². The number of hydrogen-bond acceptors (Lipinski definition) is 2. The molecule has 1 aromatic carbocycles. The molecule has 0 aliphatic heterocycles. The molecule has 1 rings (SSSR count). The molecule has 0 fully saturated rings. The first-order valence-corrected chi connectivity index (χ1v) is 7.48. The van der Waals surface area contributed by atoms with Gasteiger partial charge in [-0.25, -0.2) is 4.39 Å². The SMILES string of the molecule is CCOCCC(CNC(C)(C)C)Cc1cccc(F)c1.